The number of anilines is 1. The summed E-state index contributed by atoms with van der Waals surface area (Å²) in [5.74, 6) is -1.78. The van der Waals surface area contributed by atoms with Crippen LogP contribution in [-0.4, -0.2) is 94.9 Å². The molecule has 3 rings (SSSR count). The first-order valence-electron chi connectivity index (χ1n) is 12.4. The van der Waals surface area contributed by atoms with E-state index in [0.717, 1.165) is 11.3 Å². The molecule has 13 nitrogen and oxygen atoms in total. The highest BCUT2D eigenvalue weighted by Crippen LogP contribution is 2.37. The van der Waals surface area contributed by atoms with Crippen LogP contribution < -0.4 is 10.6 Å². The van der Waals surface area contributed by atoms with Gasteiger partial charge in [-0.3, -0.25) is 14.4 Å². The first kappa shape index (κ1) is 31.5. The van der Waals surface area contributed by atoms with Gasteiger partial charge >= 0.3 is 5.97 Å². The van der Waals surface area contributed by atoms with Gasteiger partial charge in [0, 0.05) is 5.38 Å². The van der Waals surface area contributed by atoms with Gasteiger partial charge in [-0.2, -0.15) is 0 Å². The maximum atomic E-state index is 13.2. The molecule has 2 aliphatic heterocycles. The van der Waals surface area contributed by atoms with Crippen LogP contribution in [0.15, 0.2) is 22.0 Å². The monoisotopic (exact) mass is 597 g/mol. The maximum absolute atomic E-state index is 13.2. The lowest BCUT2D eigenvalue weighted by molar-refractivity contribution is -0.175. The smallest absolute Gasteiger partial charge is 0.333 e. The molecule has 3 atom stereocenters. The molecule has 0 radical (unpaired) electrons. The Kier molecular flexibility index (Phi) is 10.3. The van der Waals surface area contributed by atoms with E-state index in [2.05, 4.69) is 20.8 Å². The summed E-state index contributed by atoms with van der Waals surface area (Å²) in [4.78, 5) is 60.3. The van der Waals surface area contributed by atoms with Gasteiger partial charge < -0.3 is 34.6 Å². The zero-order chi connectivity index (χ0) is 29.7. The van der Waals surface area contributed by atoms with Gasteiger partial charge in [0.2, 0.25) is 12.3 Å². The second-order valence-corrected chi connectivity index (χ2v) is 12.7. The molecule has 0 aliphatic carbocycles. The van der Waals surface area contributed by atoms with Gasteiger partial charge in [0.1, 0.15) is 36.4 Å². The Morgan fingerprint density at radius 1 is 1.18 bits per heavy atom. The molecule has 1 fully saturated rings. The van der Waals surface area contributed by atoms with E-state index in [1.165, 1.54) is 29.2 Å². The number of nitrogens with one attached hydrogen (secondary N) is 2. The van der Waals surface area contributed by atoms with Gasteiger partial charge in [0.05, 0.1) is 24.4 Å². The van der Waals surface area contributed by atoms with Gasteiger partial charge in [-0.1, -0.05) is 5.16 Å². The van der Waals surface area contributed by atoms with E-state index in [4.69, 9.17) is 19.0 Å². The highest BCUT2D eigenvalue weighted by atomic mass is 32.2. The number of fused-ring (bicyclic) bond motifs is 1. The minimum Gasteiger partial charge on any atom is -0.456 e. The fourth-order valence-corrected chi connectivity index (χ4v) is 5.35. The lowest BCUT2D eigenvalue weighted by Crippen LogP contribution is -2.73. The van der Waals surface area contributed by atoms with Crippen LogP contribution in [0.2, 0.25) is 0 Å². The van der Waals surface area contributed by atoms with Gasteiger partial charge in [0.25, 0.3) is 5.91 Å². The number of nitrogens with zero attached hydrogens (tertiary/aromatic N) is 3. The Morgan fingerprint density at radius 3 is 2.40 bits per heavy atom. The lowest BCUT2D eigenvalue weighted by atomic mass is 10.0. The minimum atomic E-state index is -0.971. The number of carbonyl (C=O) groups excluding carboxylic acids is 4. The molecule has 1 aromatic heterocycles. The fourth-order valence-electron chi connectivity index (χ4n) is 3.58. The summed E-state index contributed by atoms with van der Waals surface area (Å²) >= 11 is 2.38. The van der Waals surface area contributed by atoms with Gasteiger partial charge in [0.15, 0.2) is 10.8 Å². The SMILES string of the molecule is CO/N=C(\C(=O)NC1C(=O)N2C(C(=O)OC(COC(C)(C)C)COC(C)(C)C)C=CS[C@H]12)c1csc(NC=O)n1. The summed E-state index contributed by atoms with van der Waals surface area (Å²) in [6, 6.07) is -1.89. The van der Waals surface area contributed by atoms with Crippen molar-refractivity contribution in [2.24, 2.45) is 5.16 Å². The van der Waals surface area contributed by atoms with Crippen LogP contribution in [-0.2, 0) is 38.2 Å². The number of oxime groups is 1. The predicted octanol–water partition coefficient (Wildman–Crippen LogP) is 1.89. The van der Waals surface area contributed by atoms with E-state index in [-0.39, 0.29) is 29.8 Å². The summed E-state index contributed by atoms with van der Waals surface area (Å²) in [5.41, 5.74) is -0.908. The number of rotatable bonds is 12. The minimum absolute atomic E-state index is 0.120. The highest BCUT2D eigenvalue weighted by Gasteiger charge is 2.54. The summed E-state index contributed by atoms with van der Waals surface area (Å²) in [5, 5.41) is 11.7. The topological polar surface area (TPSA) is 158 Å². The van der Waals surface area contributed by atoms with Crippen LogP contribution in [0, 0.1) is 0 Å². The highest BCUT2D eigenvalue weighted by molar-refractivity contribution is 8.02. The third-order valence-corrected chi connectivity index (χ3v) is 7.27. The van der Waals surface area contributed by atoms with Crippen molar-refractivity contribution in [2.75, 3.05) is 25.6 Å². The van der Waals surface area contributed by atoms with E-state index in [9.17, 15) is 19.2 Å². The van der Waals surface area contributed by atoms with Crippen LogP contribution in [0.4, 0.5) is 5.13 Å². The molecule has 2 N–H and O–H groups in total. The van der Waals surface area contributed by atoms with Crippen molar-refractivity contribution in [3.63, 3.8) is 0 Å². The summed E-state index contributed by atoms with van der Waals surface area (Å²) in [7, 11) is 1.27. The summed E-state index contributed by atoms with van der Waals surface area (Å²) < 4.78 is 17.4. The average Bonchev–Trinajstić information content (AvgIpc) is 3.33. The zero-order valence-electron chi connectivity index (χ0n) is 23.5. The molecule has 2 unspecified atom stereocenters. The van der Waals surface area contributed by atoms with Crippen molar-refractivity contribution < 1.29 is 38.2 Å². The number of amides is 3. The van der Waals surface area contributed by atoms with Gasteiger partial charge in [-0.25, -0.2) is 9.78 Å². The Balaban J connectivity index is 1.67. The molecular formula is C25H35N5O8S2. The van der Waals surface area contributed by atoms with Crippen molar-refractivity contribution in [3.05, 3.63) is 22.6 Å². The predicted molar refractivity (Wildman–Crippen MR) is 150 cm³/mol. The molecule has 0 bridgehead atoms. The van der Waals surface area contributed by atoms with Crippen LogP contribution in [0.5, 0.6) is 0 Å². The molecule has 1 aromatic rings. The second-order valence-electron chi connectivity index (χ2n) is 10.8. The molecule has 220 valence electrons. The number of ether oxygens (including phenoxy) is 3. The molecule has 15 heteroatoms. The van der Waals surface area contributed by atoms with Gasteiger partial charge in [-0.05, 0) is 53.0 Å². The number of thiazole rings is 1. The number of esters is 1. The maximum Gasteiger partial charge on any atom is 0.333 e. The van der Waals surface area contributed by atoms with E-state index >= 15 is 0 Å². The van der Waals surface area contributed by atoms with E-state index in [1.807, 2.05) is 41.5 Å². The van der Waals surface area contributed by atoms with Crippen LogP contribution >= 0.6 is 23.1 Å². The average molecular weight is 598 g/mol. The quantitative estimate of drug-likeness (QED) is 0.120. The molecule has 3 heterocycles. The lowest BCUT2D eigenvalue weighted by Gasteiger charge is -2.50. The molecular weight excluding hydrogens is 562 g/mol. The zero-order valence-corrected chi connectivity index (χ0v) is 25.1. The van der Waals surface area contributed by atoms with E-state index in [1.54, 1.807) is 11.5 Å². The molecule has 0 saturated carbocycles. The number of aromatic nitrogens is 1. The first-order valence-corrected chi connectivity index (χ1v) is 14.3. The van der Waals surface area contributed by atoms with Crippen LogP contribution in [0.3, 0.4) is 0 Å². The van der Waals surface area contributed by atoms with E-state index < -0.39 is 52.5 Å². The third-order valence-electron chi connectivity index (χ3n) is 5.40. The third kappa shape index (κ3) is 8.25. The molecule has 0 spiro atoms. The summed E-state index contributed by atoms with van der Waals surface area (Å²) in [6.45, 7) is 11.6. The standard InChI is InChI=1S/C25H35N5O8S2/c1-24(2,3)36-10-14(11-37-25(4,5)6)38-22(34)16-8-9-39-21-18(20(33)30(16)21)28-19(32)17(29-35-7)15-12-40-23(27-15)26-13-31/h8-9,12-14,16,18,21H,10-11H2,1-7H3,(H,28,32)(H,26,27,31)/b29-17-/t16?,18?,21-/m1/s1. The Bertz CT molecular complexity index is 1140. The number of thioether (sulfide) groups is 1. The van der Waals surface area contributed by atoms with Gasteiger partial charge in [-0.15, -0.1) is 23.1 Å². The van der Waals surface area contributed by atoms with E-state index in [0.29, 0.717) is 6.41 Å². The van der Waals surface area contributed by atoms with Crippen molar-refractivity contribution in [1.82, 2.24) is 15.2 Å². The second kappa shape index (κ2) is 13.1. The van der Waals surface area contributed by atoms with Crippen LogP contribution in [0.1, 0.15) is 47.2 Å². The Hall–Kier alpha value is -3.01. The summed E-state index contributed by atoms with van der Waals surface area (Å²) in [6.07, 6.45) is 1.36. The molecule has 2 aliphatic rings. The van der Waals surface area contributed by atoms with Crippen molar-refractivity contribution >= 4 is 58.1 Å². The normalized spacial score (nSPS) is 21.0. The number of β-lactam (4-membered cyclic amide) rings is 1. The molecule has 1 saturated heterocycles. The fraction of sp³-hybridized carbons (Fsp3) is 0.600. The first-order chi connectivity index (χ1) is 18.7. The van der Waals surface area contributed by atoms with Crippen LogP contribution in [0.25, 0.3) is 0 Å². The largest absolute Gasteiger partial charge is 0.456 e. The molecule has 3 amide bonds. The Labute approximate surface area is 241 Å². The molecule has 40 heavy (non-hydrogen) atoms. The number of hydrogen-bond donors (Lipinski definition) is 2. The van der Waals surface area contributed by atoms with Crippen molar-refractivity contribution in [2.45, 2.75) is 76.3 Å². The van der Waals surface area contributed by atoms with Crippen molar-refractivity contribution in [1.29, 1.82) is 0 Å². The Morgan fingerprint density at radius 2 is 1.82 bits per heavy atom. The molecule has 0 aromatic carbocycles. The number of hydrogen-bond acceptors (Lipinski definition) is 12. The van der Waals surface area contributed by atoms with Crippen molar-refractivity contribution in [3.8, 4) is 0 Å². The number of carbonyl (C=O) groups is 4.